The van der Waals surface area contributed by atoms with Gasteiger partial charge in [0, 0.05) is 24.4 Å². The van der Waals surface area contributed by atoms with E-state index in [-0.39, 0.29) is 5.41 Å². The maximum atomic E-state index is 12.4. The van der Waals surface area contributed by atoms with Gasteiger partial charge in [-0.05, 0) is 26.2 Å². The predicted octanol–water partition coefficient (Wildman–Crippen LogP) is 3.04. The highest BCUT2D eigenvalue weighted by molar-refractivity contribution is 6.18. The molecule has 0 bridgehead atoms. The van der Waals surface area contributed by atoms with Crippen molar-refractivity contribution < 1.29 is 4.79 Å². The zero-order chi connectivity index (χ0) is 11.3. The van der Waals surface area contributed by atoms with Crippen LogP contribution in [0.1, 0.15) is 46.0 Å². The van der Waals surface area contributed by atoms with Crippen LogP contribution in [-0.4, -0.2) is 29.8 Å². The molecule has 0 heterocycles. The zero-order valence-corrected chi connectivity index (χ0v) is 10.6. The molecule has 0 spiro atoms. The fourth-order valence-corrected chi connectivity index (χ4v) is 2.82. The molecule has 1 aliphatic carbocycles. The lowest BCUT2D eigenvalue weighted by atomic mass is 9.82. The minimum atomic E-state index is -0.0535. The van der Waals surface area contributed by atoms with Gasteiger partial charge in [0.2, 0.25) is 5.91 Å². The minimum Gasteiger partial charge on any atom is -0.341 e. The van der Waals surface area contributed by atoms with E-state index in [4.69, 9.17) is 11.6 Å². The molecule has 88 valence electrons. The third-order valence-electron chi connectivity index (χ3n) is 3.71. The van der Waals surface area contributed by atoms with Crippen LogP contribution >= 0.6 is 11.6 Å². The van der Waals surface area contributed by atoms with Crippen molar-refractivity contribution in [3.63, 3.8) is 0 Å². The topological polar surface area (TPSA) is 20.3 Å². The number of carbonyl (C=O) groups is 1. The molecule has 0 N–H and O–H groups in total. The summed E-state index contributed by atoms with van der Waals surface area (Å²) in [4.78, 5) is 14.3. The number of hydrogen-bond donors (Lipinski definition) is 0. The molecule has 0 aromatic carbocycles. The van der Waals surface area contributed by atoms with Crippen LogP contribution in [0.2, 0.25) is 0 Å². The van der Waals surface area contributed by atoms with E-state index in [1.807, 2.05) is 11.8 Å². The van der Waals surface area contributed by atoms with Crippen molar-refractivity contribution in [3.05, 3.63) is 0 Å². The molecular formula is C12H22ClNO. The molecule has 0 aromatic rings. The summed E-state index contributed by atoms with van der Waals surface area (Å²) in [7, 11) is 0. The Morgan fingerprint density at radius 1 is 1.33 bits per heavy atom. The van der Waals surface area contributed by atoms with Crippen molar-refractivity contribution in [1.29, 1.82) is 0 Å². The van der Waals surface area contributed by atoms with E-state index in [0.29, 0.717) is 18.3 Å². The highest BCUT2D eigenvalue weighted by Crippen LogP contribution is 2.42. The SMILES string of the molecule is CCN(CCCl)C(=O)C1(CC)CCCC1. The van der Waals surface area contributed by atoms with Gasteiger partial charge in [0.05, 0.1) is 0 Å². The molecule has 3 heteroatoms. The Hall–Kier alpha value is -0.240. The molecule has 1 amide bonds. The van der Waals surface area contributed by atoms with Crippen LogP contribution in [0.4, 0.5) is 0 Å². The molecule has 2 nitrogen and oxygen atoms in total. The van der Waals surface area contributed by atoms with Crippen LogP contribution in [0.3, 0.4) is 0 Å². The number of nitrogens with zero attached hydrogens (tertiary/aromatic N) is 1. The second-order valence-electron chi connectivity index (χ2n) is 4.41. The summed E-state index contributed by atoms with van der Waals surface area (Å²) < 4.78 is 0. The number of carbonyl (C=O) groups excluding carboxylic acids is 1. The highest BCUT2D eigenvalue weighted by Gasteiger charge is 2.41. The Balaban J connectivity index is 2.70. The van der Waals surface area contributed by atoms with Gasteiger partial charge in [-0.1, -0.05) is 19.8 Å². The highest BCUT2D eigenvalue weighted by atomic mass is 35.5. The first kappa shape index (κ1) is 12.8. The van der Waals surface area contributed by atoms with Gasteiger partial charge in [-0.3, -0.25) is 4.79 Å². The summed E-state index contributed by atoms with van der Waals surface area (Å²) in [6.07, 6.45) is 5.53. The first-order valence-corrected chi connectivity index (χ1v) is 6.59. The predicted molar refractivity (Wildman–Crippen MR) is 64.2 cm³/mol. The van der Waals surface area contributed by atoms with E-state index in [1.165, 1.54) is 12.8 Å². The van der Waals surface area contributed by atoms with Gasteiger partial charge >= 0.3 is 0 Å². The average Bonchev–Trinajstić information content (AvgIpc) is 2.74. The summed E-state index contributed by atoms with van der Waals surface area (Å²) >= 11 is 5.72. The normalized spacial score (nSPS) is 19.1. The smallest absolute Gasteiger partial charge is 0.228 e. The van der Waals surface area contributed by atoms with Gasteiger partial charge in [-0.25, -0.2) is 0 Å². The fraction of sp³-hybridized carbons (Fsp3) is 0.917. The lowest BCUT2D eigenvalue weighted by Gasteiger charge is -2.32. The van der Waals surface area contributed by atoms with E-state index in [9.17, 15) is 4.79 Å². The molecule has 1 rings (SSSR count). The Morgan fingerprint density at radius 2 is 1.93 bits per heavy atom. The maximum Gasteiger partial charge on any atom is 0.228 e. The van der Waals surface area contributed by atoms with Crippen LogP contribution in [0.15, 0.2) is 0 Å². The van der Waals surface area contributed by atoms with Gasteiger partial charge in [-0.2, -0.15) is 0 Å². The van der Waals surface area contributed by atoms with Gasteiger partial charge in [0.25, 0.3) is 0 Å². The number of rotatable bonds is 5. The van der Waals surface area contributed by atoms with Gasteiger partial charge in [0.1, 0.15) is 0 Å². The molecule has 15 heavy (non-hydrogen) atoms. The molecule has 0 unspecified atom stereocenters. The number of alkyl halides is 1. The summed E-state index contributed by atoms with van der Waals surface area (Å²) in [5.41, 5.74) is -0.0535. The van der Waals surface area contributed by atoms with E-state index in [0.717, 1.165) is 25.8 Å². The second-order valence-corrected chi connectivity index (χ2v) is 4.79. The average molecular weight is 232 g/mol. The van der Waals surface area contributed by atoms with Crippen LogP contribution in [0, 0.1) is 5.41 Å². The molecule has 1 saturated carbocycles. The van der Waals surface area contributed by atoms with Crippen molar-refractivity contribution in [2.75, 3.05) is 19.0 Å². The van der Waals surface area contributed by atoms with Gasteiger partial charge in [-0.15, -0.1) is 11.6 Å². The molecule has 0 atom stereocenters. The second kappa shape index (κ2) is 5.74. The Kier molecular flexibility index (Phi) is 4.91. The molecule has 0 saturated heterocycles. The van der Waals surface area contributed by atoms with Crippen molar-refractivity contribution in [3.8, 4) is 0 Å². The first-order chi connectivity index (χ1) is 7.20. The summed E-state index contributed by atoms with van der Waals surface area (Å²) in [5.74, 6) is 0.880. The number of halogens is 1. The van der Waals surface area contributed by atoms with Crippen LogP contribution < -0.4 is 0 Å². The third kappa shape index (κ3) is 2.66. The van der Waals surface area contributed by atoms with Crippen molar-refractivity contribution in [2.45, 2.75) is 46.0 Å². The molecule has 1 fully saturated rings. The summed E-state index contributed by atoms with van der Waals surface area (Å²) in [5, 5.41) is 0. The molecule has 0 aromatic heterocycles. The van der Waals surface area contributed by atoms with E-state index in [1.54, 1.807) is 0 Å². The molecule has 0 radical (unpaired) electrons. The molecular weight excluding hydrogens is 210 g/mol. The Labute approximate surface area is 98.0 Å². The fourth-order valence-electron chi connectivity index (χ4n) is 2.61. The maximum absolute atomic E-state index is 12.4. The summed E-state index contributed by atoms with van der Waals surface area (Å²) in [6, 6.07) is 0. The Bertz CT molecular complexity index is 212. The summed E-state index contributed by atoms with van der Waals surface area (Å²) in [6.45, 7) is 5.65. The monoisotopic (exact) mass is 231 g/mol. The van der Waals surface area contributed by atoms with E-state index < -0.39 is 0 Å². The third-order valence-corrected chi connectivity index (χ3v) is 3.88. The number of amides is 1. The largest absolute Gasteiger partial charge is 0.341 e. The van der Waals surface area contributed by atoms with Crippen LogP contribution in [0.5, 0.6) is 0 Å². The lowest BCUT2D eigenvalue weighted by Crippen LogP contribution is -2.43. The zero-order valence-electron chi connectivity index (χ0n) is 9.89. The molecule has 0 aliphatic heterocycles. The molecule has 1 aliphatic rings. The van der Waals surface area contributed by atoms with Gasteiger partial charge < -0.3 is 4.90 Å². The van der Waals surface area contributed by atoms with Crippen molar-refractivity contribution in [2.24, 2.45) is 5.41 Å². The minimum absolute atomic E-state index is 0.0535. The lowest BCUT2D eigenvalue weighted by molar-refractivity contribution is -0.141. The van der Waals surface area contributed by atoms with Crippen molar-refractivity contribution in [1.82, 2.24) is 4.90 Å². The van der Waals surface area contributed by atoms with E-state index in [2.05, 4.69) is 6.92 Å². The standard InChI is InChI=1S/C12H22ClNO/c1-3-12(7-5-6-8-12)11(15)14(4-2)10-9-13/h3-10H2,1-2H3. The Morgan fingerprint density at radius 3 is 2.33 bits per heavy atom. The van der Waals surface area contributed by atoms with E-state index >= 15 is 0 Å². The van der Waals surface area contributed by atoms with Crippen LogP contribution in [-0.2, 0) is 4.79 Å². The van der Waals surface area contributed by atoms with Gasteiger partial charge in [0.15, 0.2) is 0 Å². The van der Waals surface area contributed by atoms with Crippen LogP contribution in [0.25, 0.3) is 0 Å². The quantitative estimate of drug-likeness (QED) is 0.666. The number of hydrogen-bond acceptors (Lipinski definition) is 1. The van der Waals surface area contributed by atoms with Crippen molar-refractivity contribution >= 4 is 17.5 Å². The first-order valence-electron chi connectivity index (χ1n) is 6.05.